The Kier molecular flexibility index (Phi) is 3.18. The van der Waals surface area contributed by atoms with Gasteiger partial charge in [-0.05, 0) is 6.92 Å². The number of anilines is 2. The van der Waals surface area contributed by atoms with E-state index in [1.165, 1.54) is 6.08 Å². The topological polar surface area (TPSA) is 119 Å². The average molecular weight is 252 g/mol. The first-order valence-corrected chi connectivity index (χ1v) is 5.27. The Morgan fingerprint density at radius 1 is 1.67 bits per heavy atom. The van der Waals surface area contributed by atoms with Crippen LogP contribution in [0.4, 0.5) is 11.6 Å². The van der Waals surface area contributed by atoms with E-state index in [1.54, 1.807) is 6.92 Å². The van der Waals surface area contributed by atoms with Crippen molar-refractivity contribution >= 4 is 17.6 Å². The molecule has 0 radical (unpaired) electrons. The van der Waals surface area contributed by atoms with Gasteiger partial charge in [-0.3, -0.25) is 9.78 Å². The van der Waals surface area contributed by atoms with E-state index in [4.69, 9.17) is 15.2 Å². The number of nitrogens with two attached hydrogens (primary N) is 1. The van der Waals surface area contributed by atoms with Crippen LogP contribution in [0.2, 0.25) is 0 Å². The number of nitrogens with one attached hydrogen (secondary N) is 2. The van der Waals surface area contributed by atoms with E-state index in [0.29, 0.717) is 5.70 Å². The molecule has 1 aliphatic heterocycles. The van der Waals surface area contributed by atoms with Crippen LogP contribution in [0, 0.1) is 0 Å². The van der Waals surface area contributed by atoms with E-state index >= 15 is 0 Å². The van der Waals surface area contributed by atoms with Crippen molar-refractivity contribution in [2.75, 3.05) is 24.3 Å². The second kappa shape index (κ2) is 4.78. The summed E-state index contributed by atoms with van der Waals surface area (Å²) in [5.74, 6) is -0.428. The summed E-state index contributed by atoms with van der Waals surface area (Å²) < 4.78 is 9.98. The number of esters is 1. The van der Waals surface area contributed by atoms with Gasteiger partial charge >= 0.3 is 5.97 Å². The monoisotopic (exact) mass is 252 g/mol. The van der Waals surface area contributed by atoms with Crippen LogP contribution in [0.15, 0.2) is 16.6 Å². The van der Waals surface area contributed by atoms with Gasteiger partial charge in [0.1, 0.15) is 6.61 Å². The molecule has 8 nitrogen and oxygen atoms in total. The number of fused-ring (bicyclic) bond motifs is 1. The Balaban J connectivity index is 2.25. The molecule has 1 aliphatic rings. The van der Waals surface area contributed by atoms with Gasteiger partial charge in [0, 0.05) is 6.08 Å². The number of nitrogen functional groups attached to an aromatic ring is 1. The van der Waals surface area contributed by atoms with Crippen LogP contribution < -0.4 is 21.3 Å². The second-order valence-electron chi connectivity index (χ2n) is 3.47. The van der Waals surface area contributed by atoms with Crippen molar-refractivity contribution in [3.05, 3.63) is 22.1 Å². The van der Waals surface area contributed by atoms with Crippen LogP contribution in [-0.2, 0) is 9.53 Å². The minimum Gasteiger partial charge on any atom is -0.470 e. The van der Waals surface area contributed by atoms with Crippen molar-refractivity contribution in [1.29, 1.82) is 0 Å². The minimum atomic E-state index is -0.508. The molecule has 0 aromatic carbocycles. The molecule has 2 heterocycles. The van der Waals surface area contributed by atoms with Crippen molar-refractivity contribution in [3.63, 3.8) is 0 Å². The predicted octanol–water partition coefficient (Wildman–Crippen LogP) is -0.397. The molecular weight excluding hydrogens is 240 g/mol. The fourth-order valence-corrected chi connectivity index (χ4v) is 1.43. The maximum absolute atomic E-state index is 11.6. The first kappa shape index (κ1) is 12.0. The van der Waals surface area contributed by atoms with Crippen molar-refractivity contribution in [3.8, 4) is 5.88 Å². The zero-order valence-corrected chi connectivity index (χ0v) is 9.65. The Labute approximate surface area is 102 Å². The van der Waals surface area contributed by atoms with E-state index in [9.17, 15) is 9.59 Å². The van der Waals surface area contributed by atoms with Gasteiger partial charge in [-0.25, -0.2) is 4.79 Å². The van der Waals surface area contributed by atoms with Crippen LogP contribution in [0.1, 0.15) is 6.92 Å². The summed E-state index contributed by atoms with van der Waals surface area (Å²) >= 11 is 0. The lowest BCUT2D eigenvalue weighted by molar-refractivity contribution is -0.137. The first-order chi connectivity index (χ1) is 8.60. The molecule has 0 unspecified atom stereocenters. The van der Waals surface area contributed by atoms with Crippen molar-refractivity contribution in [2.24, 2.45) is 0 Å². The van der Waals surface area contributed by atoms with Gasteiger partial charge in [0.05, 0.1) is 12.3 Å². The number of aromatic amines is 1. The number of carbonyl (C=O) groups excluding carboxylic acids is 1. The van der Waals surface area contributed by atoms with Gasteiger partial charge in [0.2, 0.25) is 11.8 Å². The number of aromatic nitrogens is 2. The van der Waals surface area contributed by atoms with Gasteiger partial charge in [0.25, 0.3) is 5.56 Å². The number of carbonyl (C=O) groups is 1. The van der Waals surface area contributed by atoms with Crippen LogP contribution in [0.25, 0.3) is 0 Å². The fraction of sp³-hybridized carbons (Fsp3) is 0.300. The third-order valence-corrected chi connectivity index (χ3v) is 2.13. The normalized spacial score (nSPS) is 15.5. The average Bonchev–Trinajstić information content (AvgIpc) is 2.30. The Morgan fingerprint density at radius 2 is 2.44 bits per heavy atom. The standard InChI is InChI=1S/C10H12N4O4/c1-2-17-6(15)3-5-4-18-9-7(12-5)8(16)13-10(11)14-9/h3,12H,2,4H2,1H3,(H3,11,13,14,16). The maximum atomic E-state index is 11.6. The van der Waals surface area contributed by atoms with Crippen molar-refractivity contribution < 1.29 is 14.3 Å². The lowest BCUT2D eigenvalue weighted by Gasteiger charge is -2.19. The molecule has 0 spiro atoms. The van der Waals surface area contributed by atoms with Crippen molar-refractivity contribution in [2.45, 2.75) is 6.92 Å². The summed E-state index contributed by atoms with van der Waals surface area (Å²) in [7, 11) is 0. The van der Waals surface area contributed by atoms with Gasteiger partial charge in [-0.1, -0.05) is 0 Å². The maximum Gasteiger partial charge on any atom is 0.332 e. The zero-order valence-electron chi connectivity index (χ0n) is 9.65. The number of nitrogens with zero attached hydrogens (tertiary/aromatic N) is 1. The molecule has 1 aromatic rings. The smallest absolute Gasteiger partial charge is 0.332 e. The number of ether oxygens (including phenoxy) is 2. The van der Waals surface area contributed by atoms with Crippen LogP contribution >= 0.6 is 0 Å². The molecule has 0 atom stereocenters. The molecule has 0 bridgehead atoms. The molecule has 1 aromatic heterocycles. The minimum absolute atomic E-state index is 0.0293. The molecule has 2 rings (SSSR count). The van der Waals surface area contributed by atoms with Gasteiger partial charge in [-0.15, -0.1) is 0 Å². The molecule has 8 heteroatoms. The quantitative estimate of drug-likeness (QED) is 0.484. The van der Waals surface area contributed by atoms with Gasteiger partial charge in [-0.2, -0.15) is 4.98 Å². The summed E-state index contributed by atoms with van der Waals surface area (Å²) in [6.45, 7) is 2.06. The van der Waals surface area contributed by atoms with Gasteiger partial charge in [0.15, 0.2) is 5.69 Å². The Morgan fingerprint density at radius 3 is 3.17 bits per heavy atom. The number of rotatable bonds is 2. The molecule has 0 fully saturated rings. The molecule has 96 valence electrons. The van der Waals surface area contributed by atoms with Crippen LogP contribution in [-0.4, -0.2) is 29.2 Å². The number of H-pyrrole nitrogens is 1. The molecule has 0 saturated heterocycles. The van der Waals surface area contributed by atoms with E-state index < -0.39 is 11.5 Å². The molecule has 0 saturated carbocycles. The van der Waals surface area contributed by atoms with E-state index in [-0.39, 0.29) is 30.7 Å². The summed E-state index contributed by atoms with van der Waals surface area (Å²) in [6.07, 6.45) is 1.22. The highest BCUT2D eigenvalue weighted by Gasteiger charge is 2.19. The summed E-state index contributed by atoms with van der Waals surface area (Å²) in [4.78, 5) is 29.0. The Hall–Kier alpha value is -2.51. The molecule has 0 amide bonds. The van der Waals surface area contributed by atoms with E-state index in [2.05, 4.69) is 15.3 Å². The lowest BCUT2D eigenvalue weighted by atomic mass is 10.3. The highest BCUT2D eigenvalue weighted by molar-refractivity contribution is 5.84. The van der Waals surface area contributed by atoms with E-state index in [1.807, 2.05) is 0 Å². The molecule has 4 N–H and O–H groups in total. The predicted molar refractivity (Wildman–Crippen MR) is 63.1 cm³/mol. The van der Waals surface area contributed by atoms with Crippen molar-refractivity contribution in [1.82, 2.24) is 9.97 Å². The highest BCUT2D eigenvalue weighted by Crippen LogP contribution is 2.23. The largest absolute Gasteiger partial charge is 0.470 e. The third kappa shape index (κ3) is 2.42. The molecule has 0 aliphatic carbocycles. The first-order valence-electron chi connectivity index (χ1n) is 5.27. The third-order valence-electron chi connectivity index (χ3n) is 2.13. The number of hydrogen-bond donors (Lipinski definition) is 3. The summed E-state index contributed by atoms with van der Waals surface area (Å²) in [6, 6.07) is 0. The van der Waals surface area contributed by atoms with E-state index in [0.717, 1.165) is 0 Å². The number of hydrogen-bond acceptors (Lipinski definition) is 7. The van der Waals surface area contributed by atoms with Gasteiger partial charge < -0.3 is 20.5 Å². The fourth-order valence-electron chi connectivity index (χ4n) is 1.43. The summed E-state index contributed by atoms with van der Waals surface area (Å²) in [5, 5.41) is 2.76. The SMILES string of the molecule is CCOC(=O)C=C1COc2nc(N)[nH]c(=O)c2N1. The van der Waals surface area contributed by atoms with Crippen LogP contribution in [0.3, 0.4) is 0 Å². The lowest BCUT2D eigenvalue weighted by Crippen LogP contribution is -2.26. The Bertz CT molecular complexity index is 563. The zero-order chi connectivity index (χ0) is 13.1. The van der Waals surface area contributed by atoms with Crippen LogP contribution in [0.5, 0.6) is 5.88 Å². The molecular formula is C10H12N4O4. The summed E-state index contributed by atoms with van der Waals surface area (Å²) in [5.41, 5.74) is 5.44. The second-order valence-corrected chi connectivity index (χ2v) is 3.47. The highest BCUT2D eigenvalue weighted by atomic mass is 16.5. The molecule has 18 heavy (non-hydrogen) atoms.